The average molecular weight is 457 g/mol. The van der Waals surface area contributed by atoms with Crippen LogP contribution in [0.25, 0.3) is 0 Å². The third-order valence-corrected chi connectivity index (χ3v) is 7.15. The number of nitrogens with zero attached hydrogens (tertiary/aromatic N) is 5. The van der Waals surface area contributed by atoms with Crippen LogP contribution in [-0.2, 0) is 18.6 Å². The first-order chi connectivity index (χ1) is 15.6. The van der Waals surface area contributed by atoms with E-state index in [4.69, 9.17) is 5.26 Å². The number of benzene rings is 2. The molecule has 2 aromatic carbocycles. The summed E-state index contributed by atoms with van der Waals surface area (Å²) < 4.78 is 61.2. The Kier molecular flexibility index (Phi) is 4.62. The number of alkyl halides is 2. The molecule has 0 unspecified atom stereocenters. The summed E-state index contributed by atoms with van der Waals surface area (Å²) in [4.78, 5) is 0. The fraction of sp³-hybridized carbons (Fsp3) is 0.391. The first-order valence-corrected chi connectivity index (χ1v) is 10.4. The van der Waals surface area contributed by atoms with Crippen molar-refractivity contribution in [1.82, 2.24) is 20.2 Å². The summed E-state index contributed by atoms with van der Waals surface area (Å²) in [5.74, 6) is -5.93. The minimum atomic E-state index is -3.74. The van der Waals surface area contributed by atoms with Crippen LogP contribution in [-0.4, -0.2) is 31.2 Å². The van der Waals surface area contributed by atoms with Crippen LogP contribution in [0.4, 0.5) is 17.6 Å². The maximum Gasteiger partial charge on any atom is 0.287 e. The number of hydrogen-bond donors (Lipinski definition) is 1. The number of tetrazole rings is 1. The van der Waals surface area contributed by atoms with Crippen molar-refractivity contribution in [1.29, 1.82) is 5.26 Å². The SMILES string of the molecule is N#Cc1ccc(CC23CC(C(F)(F)[C@](O)(Cn4cnnn4)c4ccc(F)cc4F)(C2)C3)cc1. The Bertz CT molecular complexity index is 1220. The first-order valence-electron chi connectivity index (χ1n) is 10.4. The van der Waals surface area contributed by atoms with E-state index in [0.29, 0.717) is 18.1 Å². The van der Waals surface area contributed by atoms with Crippen molar-refractivity contribution in [2.45, 2.75) is 43.8 Å². The van der Waals surface area contributed by atoms with Gasteiger partial charge in [-0.3, -0.25) is 0 Å². The highest BCUT2D eigenvalue weighted by Crippen LogP contribution is 2.81. The predicted molar refractivity (Wildman–Crippen MR) is 107 cm³/mol. The molecule has 1 N–H and O–H groups in total. The fourth-order valence-electron chi connectivity index (χ4n) is 5.75. The van der Waals surface area contributed by atoms with E-state index in [1.165, 1.54) is 0 Å². The molecule has 1 atom stereocenters. The zero-order valence-electron chi connectivity index (χ0n) is 17.3. The molecular weight excluding hydrogens is 438 g/mol. The van der Waals surface area contributed by atoms with E-state index < -0.39 is 40.7 Å². The van der Waals surface area contributed by atoms with E-state index in [-0.39, 0.29) is 24.7 Å². The zero-order valence-corrected chi connectivity index (χ0v) is 17.3. The molecule has 170 valence electrons. The molecule has 3 aliphatic carbocycles. The highest BCUT2D eigenvalue weighted by atomic mass is 19.3. The number of nitriles is 1. The lowest BCUT2D eigenvalue weighted by molar-refractivity contribution is -0.369. The molecule has 3 fully saturated rings. The second kappa shape index (κ2) is 7.09. The summed E-state index contributed by atoms with van der Waals surface area (Å²) in [5, 5.41) is 30.6. The number of hydrogen-bond acceptors (Lipinski definition) is 5. The van der Waals surface area contributed by atoms with Gasteiger partial charge in [-0.1, -0.05) is 12.1 Å². The van der Waals surface area contributed by atoms with Crippen molar-refractivity contribution in [2.75, 3.05) is 0 Å². The number of rotatable bonds is 7. The summed E-state index contributed by atoms with van der Waals surface area (Å²) in [6.45, 7) is -0.792. The van der Waals surface area contributed by atoms with Gasteiger partial charge in [0.05, 0.1) is 18.2 Å². The van der Waals surface area contributed by atoms with Gasteiger partial charge in [0.15, 0.2) is 5.60 Å². The molecule has 1 heterocycles. The fourth-order valence-corrected chi connectivity index (χ4v) is 5.75. The van der Waals surface area contributed by atoms with Crippen LogP contribution in [0.1, 0.15) is 36.0 Å². The first kappa shape index (κ1) is 21.5. The minimum absolute atomic E-state index is 0.160. The highest BCUT2D eigenvalue weighted by molar-refractivity contribution is 5.36. The van der Waals surface area contributed by atoms with E-state index in [2.05, 4.69) is 15.5 Å². The molecule has 6 nitrogen and oxygen atoms in total. The Labute approximate surface area is 186 Å². The number of aromatic nitrogens is 4. The molecule has 2 bridgehead atoms. The largest absolute Gasteiger partial charge is 0.377 e. The lowest BCUT2D eigenvalue weighted by Gasteiger charge is -2.74. The van der Waals surface area contributed by atoms with Crippen molar-refractivity contribution in [2.24, 2.45) is 10.8 Å². The molecule has 6 rings (SSSR count). The normalized spacial score (nSPS) is 25.5. The van der Waals surface area contributed by atoms with E-state index in [0.717, 1.165) is 28.7 Å². The van der Waals surface area contributed by atoms with Crippen LogP contribution in [0.3, 0.4) is 0 Å². The molecule has 0 spiro atoms. The molecule has 3 saturated carbocycles. The van der Waals surface area contributed by atoms with Gasteiger partial charge in [-0.25, -0.2) is 22.2 Å². The maximum absolute atomic E-state index is 16.1. The molecule has 1 aromatic heterocycles. The van der Waals surface area contributed by atoms with Crippen LogP contribution in [0, 0.1) is 33.8 Å². The van der Waals surface area contributed by atoms with Gasteiger partial charge in [-0.15, -0.1) is 5.10 Å². The Balaban J connectivity index is 1.43. The second-order valence-electron chi connectivity index (χ2n) is 9.36. The van der Waals surface area contributed by atoms with Crippen LogP contribution in [0.5, 0.6) is 0 Å². The van der Waals surface area contributed by atoms with Gasteiger partial charge in [0, 0.05) is 17.0 Å². The molecule has 0 amide bonds. The Morgan fingerprint density at radius 1 is 1.09 bits per heavy atom. The van der Waals surface area contributed by atoms with Crippen molar-refractivity contribution in [3.05, 3.63) is 77.1 Å². The van der Waals surface area contributed by atoms with E-state index in [9.17, 15) is 13.9 Å². The number of halogens is 4. The highest BCUT2D eigenvalue weighted by Gasteiger charge is 2.81. The van der Waals surface area contributed by atoms with E-state index in [1.807, 2.05) is 18.2 Å². The molecule has 33 heavy (non-hydrogen) atoms. The monoisotopic (exact) mass is 457 g/mol. The lowest BCUT2D eigenvalue weighted by atomic mass is 9.31. The standard InChI is InChI=1S/C23H19F4N5O/c24-17-5-6-18(19(25)7-17)22(33,13-32-14-29-30-31-32)23(26,27)21-10-20(11-21,12-21)8-15-1-3-16(9-28)4-2-15/h1-7,14,33H,8,10-13H2/t20?,21?,22-/m0/s1. The van der Waals surface area contributed by atoms with Gasteiger partial charge in [-0.05, 0) is 71.4 Å². The minimum Gasteiger partial charge on any atom is -0.377 e. The van der Waals surface area contributed by atoms with Gasteiger partial charge in [0.1, 0.15) is 18.0 Å². The van der Waals surface area contributed by atoms with Gasteiger partial charge < -0.3 is 5.11 Å². The molecule has 0 aliphatic heterocycles. The van der Waals surface area contributed by atoms with E-state index in [1.54, 1.807) is 12.1 Å². The molecule has 3 aromatic rings. The van der Waals surface area contributed by atoms with Gasteiger partial charge in [-0.2, -0.15) is 5.26 Å². The summed E-state index contributed by atoms with van der Waals surface area (Å²) >= 11 is 0. The lowest BCUT2D eigenvalue weighted by Crippen LogP contribution is -2.74. The van der Waals surface area contributed by atoms with E-state index >= 15 is 8.78 Å². The van der Waals surface area contributed by atoms with Crippen LogP contribution in [0.2, 0.25) is 0 Å². The maximum atomic E-state index is 16.1. The van der Waals surface area contributed by atoms with Crippen LogP contribution < -0.4 is 0 Å². The number of aliphatic hydroxyl groups is 1. The van der Waals surface area contributed by atoms with Crippen molar-refractivity contribution in [3.8, 4) is 6.07 Å². The van der Waals surface area contributed by atoms with Crippen LogP contribution >= 0.6 is 0 Å². The van der Waals surface area contributed by atoms with Gasteiger partial charge in [0.2, 0.25) is 0 Å². The molecule has 3 aliphatic rings. The molecular formula is C23H19F4N5O. The topological polar surface area (TPSA) is 87.6 Å². The summed E-state index contributed by atoms with van der Waals surface area (Å²) in [5.41, 5.74) is -4.05. The Hall–Kier alpha value is -3.32. The predicted octanol–water partition coefficient (Wildman–Crippen LogP) is 3.76. The quantitative estimate of drug-likeness (QED) is 0.546. The smallest absolute Gasteiger partial charge is 0.287 e. The van der Waals surface area contributed by atoms with Crippen LogP contribution in [0.15, 0.2) is 48.8 Å². The summed E-state index contributed by atoms with van der Waals surface area (Å²) in [6.07, 6.45) is 2.11. The third kappa shape index (κ3) is 3.14. The Morgan fingerprint density at radius 3 is 2.36 bits per heavy atom. The zero-order chi connectivity index (χ0) is 23.5. The average Bonchev–Trinajstić information content (AvgIpc) is 3.22. The summed E-state index contributed by atoms with van der Waals surface area (Å²) in [6, 6.07) is 11.2. The van der Waals surface area contributed by atoms with Gasteiger partial charge in [0.25, 0.3) is 5.92 Å². The van der Waals surface area contributed by atoms with Gasteiger partial charge >= 0.3 is 0 Å². The molecule has 0 saturated heterocycles. The third-order valence-electron chi connectivity index (χ3n) is 7.15. The van der Waals surface area contributed by atoms with Crippen molar-refractivity contribution in [3.63, 3.8) is 0 Å². The Morgan fingerprint density at radius 2 is 1.79 bits per heavy atom. The summed E-state index contributed by atoms with van der Waals surface area (Å²) in [7, 11) is 0. The molecule has 10 heteroatoms. The van der Waals surface area contributed by atoms with Crippen molar-refractivity contribution >= 4 is 0 Å². The molecule has 0 radical (unpaired) electrons. The second-order valence-corrected chi connectivity index (χ2v) is 9.36. The van der Waals surface area contributed by atoms with Crippen molar-refractivity contribution < 1.29 is 22.7 Å².